The molecule has 2 nitrogen and oxygen atoms in total. The summed E-state index contributed by atoms with van der Waals surface area (Å²) >= 11 is 0. The first-order valence-corrected chi connectivity index (χ1v) is 4.16. The topological polar surface area (TPSA) is 15.3 Å². The Balaban J connectivity index is 3.29. The zero-order valence-electron chi connectivity index (χ0n) is 8.09. The number of hydrogen-bond acceptors (Lipinski definition) is 2. The molecule has 1 unspecified atom stereocenters. The minimum Gasteiger partial charge on any atom is -0.310 e. The highest BCUT2D eigenvalue weighted by molar-refractivity contribution is 4.80. The standard InChI is InChI=1S/C9H20N2/c1-5-6-7-10-9(2)8-11(3)4/h5-6,9-10H,7-8H2,1-4H3/b6-5+. The van der Waals surface area contributed by atoms with E-state index in [-0.39, 0.29) is 0 Å². The lowest BCUT2D eigenvalue weighted by molar-refractivity contribution is 0.356. The third-order valence-electron chi connectivity index (χ3n) is 1.46. The molecular weight excluding hydrogens is 136 g/mol. The lowest BCUT2D eigenvalue weighted by Gasteiger charge is -2.17. The second-order valence-corrected chi connectivity index (χ2v) is 3.14. The first kappa shape index (κ1) is 10.7. The molecule has 0 aliphatic heterocycles. The van der Waals surface area contributed by atoms with Gasteiger partial charge in [-0.2, -0.15) is 0 Å². The molecule has 0 fully saturated rings. The SMILES string of the molecule is C/C=C/CNC(C)CN(C)C. The molecule has 0 bridgehead atoms. The molecule has 11 heavy (non-hydrogen) atoms. The molecule has 0 radical (unpaired) electrons. The van der Waals surface area contributed by atoms with Crippen LogP contribution in [-0.4, -0.2) is 38.1 Å². The number of likely N-dealkylation sites (N-methyl/N-ethyl adjacent to an activating group) is 1. The summed E-state index contributed by atoms with van der Waals surface area (Å²) in [5.41, 5.74) is 0. The van der Waals surface area contributed by atoms with Crippen molar-refractivity contribution in [2.24, 2.45) is 0 Å². The molecule has 0 aromatic carbocycles. The lowest BCUT2D eigenvalue weighted by Crippen LogP contribution is -2.35. The summed E-state index contributed by atoms with van der Waals surface area (Å²) in [6.45, 7) is 6.31. The predicted molar refractivity (Wildman–Crippen MR) is 50.8 cm³/mol. The molecule has 1 N–H and O–H groups in total. The van der Waals surface area contributed by atoms with E-state index in [1.165, 1.54) is 0 Å². The van der Waals surface area contributed by atoms with Crippen molar-refractivity contribution in [1.82, 2.24) is 10.2 Å². The molecule has 0 amide bonds. The van der Waals surface area contributed by atoms with Crippen molar-refractivity contribution in [3.63, 3.8) is 0 Å². The van der Waals surface area contributed by atoms with Crippen molar-refractivity contribution in [2.75, 3.05) is 27.2 Å². The van der Waals surface area contributed by atoms with Gasteiger partial charge in [0, 0.05) is 19.1 Å². The van der Waals surface area contributed by atoms with Gasteiger partial charge in [-0.15, -0.1) is 0 Å². The quantitative estimate of drug-likeness (QED) is 0.600. The second-order valence-electron chi connectivity index (χ2n) is 3.14. The van der Waals surface area contributed by atoms with Crippen molar-refractivity contribution < 1.29 is 0 Å². The molecule has 0 rings (SSSR count). The van der Waals surface area contributed by atoms with E-state index in [9.17, 15) is 0 Å². The Kier molecular flexibility index (Phi) is 6.18. The fourth-order valence-electron chi connectivity index (χ4n) is 0.999. The largest absolute Gasteiger partial charge is 0.310 e. The van der Waals surface area contributed by atoms with Crippen molar-refractivity contribution in [3.05, 3.63) is 12.2 Å². The van der Waals surface area contributed by atoms with Crippen LogP contribution in [0, 0.1) is 0 Å². The molecule has 0 aromatic heterocycles. The van der Waals surface area contributed by atoms with Gasteiger partial charge in [-0.25, -0.2) is 0 Å². The Hall–Kier alpha value is -0.340. The Morgan fingerprint density at radius 1 is 1.45 bits per heavy atom. The minimum absolute atomic E-state index is 0.571. The van der Waals surface area contributed by atoms with Crippen LogP contribution in [0.4, 0.5) is 0 Å². The molecular formula is C9H20N2. The van der Waals surface area contributed by atoms with Crippen LogP contribution < -0.4 is 5.32 Å². The fraction of sp³-hybridized carbons (Fsp3) is 0.778. The molecule has 0 saturated heterocycles. The van der Waals surface area contributed by atoms with E-state index in [1.807, 2.05) is 6.92 Å². The summed E-state index contributed by atoms with van der Waals surface area (Å²) in [5.74, 6) is 0. The number of rotatable bonds is 5. The molecule has 2 heteroatoms. The van der Waals surface area contributed by atoms with E-state index in [4.69, 9.17) is 0 Å². The Morgan fingerprint density at radius 2 is 2.09 bits per heavy atom. The zero-order valence-corrected chi connectivity index (χ0v) is 8.09. The monoisotopic (exact) mass is 156 g/mol. The summed E-state index contributed by atoms with van der Waals surface area (Å²) in [6, 6.07) is 0.571. The lowest BCUT2D eigenvalue weighted by atomic mass is 10.3. The van der Waals surface area contributed by atoms with Crippen LogP contribution in [-0.2, 0) is 0 Å². The molecule has 0 aromatic rings. The van der Waals surface area contributed by atoms with Crippen LogP contribution in [0.1, 0.15) is 13.8 Å². The first-order chi connectivity index (χ1) is 5.16. The van der Waals surface area contributed by atoms with Crippen molar-refractivity contribution >= 4 is 0 Å². The third-order valence-corrected chi connectivity index (χ3v) is 1.46. The molecule has 0 aliphatic carbocycles. The van der Waals surface area contributed by atoms with Crippen molar-refractivity contribution in [2.45, 2.75) is 19.9 Å². The van der Waals surface area contributed by atoms with Gasteiger partial charge in [0.15, 0.2) is 0 Å². The summed E-state index contributed by atoms with van der Waals surface area (Å²) < 4.78 is 0. The normalized spacial score (nSPS) is 14.6. The molecule has 66 valence electrons. The highest BCUT2D eigenvalue weighted by atomic mass is 15.1. The summed E-state index contributed by atoms with van der Waals surface area (Å²) in [6.07, 6.45) is 4.20. The highest BCUT2D eigenvalue weighted by Crippen LogP contribution is 1.83. The molecule has 0 heterocycles. The van der Waals surface area contributed by atoms with Crippen LogP contribution in [0.2, 0.25) is 0 Å². The fourth-order valence-corrected chi connectivity index (χ4v) is 0.999. The van der Waals surface area contributed by atoms with Gasteiger partial charge in [-0.1, -0.05) is 12.2 Å². The smallest absolute Gasteiger partial charge is 0.0169 e. The average molecular weight is 156 g/mol. The van der Waals surface area contributed by atoms with E-state index >= 15 is 0 Å². The van der Waals surface area contributed by atoms with Gasteiger partial charge in [-0.3, -0.25) is 0 Å². The molecule has 1 atom stereocenters. The van der Waals surface area contributed by atoms with Crippen LogP contribution in [0.25, 0.3) is 0 Å². The van der Waals surface area contributed by atoms with Gasteiger partial charge in [0.2, 0.25) is 0 Å². The maximum Gasteiger partial charge on any atom is 0.0169 e. The Labute approximate surface area is 70.3 Å². The van der Waals surface area contributed by atoms with Gasteiger partial charge in [0.1, 0.15) is 0 Å². The van der Waals surface area contributed by atoms with Crippen LogP contribution in [0.5, 0.6) is 0 Å². The van der Waals surface area contributed by atoms with Gasteiger partial charge in [0.05, 0.1) is 0 Å². The number of nitrogens with one attached hydrogen (secondary N) is 1. The van der Waals surface area contributed by atoms with Crippen LogP contribution >= 0.6 is 0 Å². The third kappa shape index (κ3) is 7.56. The van der Waals surface area contributed by atoms with Gasteiger partial charge in [-0.05, 0) is 27.9 Å². The molecule has 0 spiro atoms. The van der Waals surface area contributed by atoms with Crippen LogP contribution in [0.3, 0.4) is 0 Å². The Morgan fingerprint density at radius 3 is 2.55 bits per heavy atom. The van der Waals surface area contributed by atoms with E-state index < -0.39 is 0 Å². The van der Waals surface area contributed by atoms with E-state index in [0.29, 0.717) is 6.04 Å². The van der Waals surface area contributed by atoms with Crippen molar-refractivity contribution in [3.8, 4) is 0 Å². The first-order valence-electron chi connectivity index (χ1n) is 4.16. The second kappa shape index (κ2) is 6.38. The number of allylic oxidation sites excluding steroid dienone is 1. The van der Waals surface area contributed by atoms with Gasteiger partial charge in [0.25, 0.3) is 0 Å². The number of hydrogen-bond donors (Lipinski definition) is 1. The zero-order chi connectivity index (χ0) is 8.69. The maximum absolute atomic E-state index is 3.39. The summed E-state index contributed by atoms with van der Waals surface area (Å²) in [5, 5.41) is 3.39. The van der Waals surface area contributed by atoms with Gasteiger partial charge < -0.3 is 10.2 Å². The Bertz CT molecular complexity index is 108. The van der Waals surface area contributed by atoms with E-state index in [2.05, 4.69) is 43.4 Å². The van der Waals surface area contributed by atoms with E-state index in [0.717, 1.165) is 13.1 Å². The summed E-state index contributed by atoms with van der Waals surface area (Å²) in [4.78, 5) is 2.19. The van der Waals surface area contributed by atoms with E-state index in [1.54, 1.807) is 0 Å². The molecule has 0 aliphatic rings. The summed E-state index contributed by atoms with van der Waals surface area (Å²) in [7, 11) is 4.18. The predicted octanol–water partition coefficient (Wildman–Crippen LogP) is 1.10. The van der Waals surface area contributed by atoms with Crippen molar-refractivity contribution in [1.29, 1.82) is 0 Å². The number of nitrogens with zero attached hydrogens (tertiary/aromatic N) is 1. The van der Waals surface area contributed by atoms with Gasteiger partial charge >= 0.3 is 0 Å². The maximum atomic E-state index is 3.39. The van der Waals surface area contributed by atoms with Crippen LogP contribution in [0.15, 0.2) is 12.2 Å². The molecule has 0 saturated carbocycles. The minimum atomic E-state index is 0.571. The highest BCUT2D eigenvalue weighted by Gasteiger charge is 1.99. The average Bonchev–Trinajstić information content (AvgIpc) is 1.86.